The van der Waals surface area contributed by atoms with Crippen molar-refractivity contribution < 1.29 is 19.0 Å². The number of hydrogen-bond acceptors (Lipinski definition) is 5. The first-order valence-electron chi connectivity index (χ1n) is 11.7. The van der Waals surface area contributed by atoms with Gasteiger partial charge < -0.3 is 24.4 Å². The molecule has 1 aliphatic heterocycles. The van der Waals surface area contributed by atoms with Crippen molar-refractivity contribution in [1.82, 2.24) is 10.2 Å². The molecule has 2 aromatic rings. The van der Waals surface area contributed by atoms with E-state index in [1.165, 1.54) is 5.56 Å². The number of nitrogens with zero attached hydrogens (tertiary/aromatic N) is 1. The molecule has 2 unspecified atom stereocenters. The summed E-state index contributed by atoms with van der Waals surface area (Å²) in [6, 6.07) is 18.6. The zero-order valence-corrected chi connectivity index (χ0v) is 21.5. The van der Waals surface area contributed by atoms with E-state index in [0.717, 1.165) is 43.8 Å². The summed E-state index contributed by atoms with van der Waals surface area (Å²) in [5.74, 6) is 1.06. The number of hydrogen-bond donors (Lipinski definition) is 1. The average Bonchev–Trinajstić information content (AvgIpc) is 2.85. The van der Waals surface area contributed by atoms with E-state index in [1.807, 2.05) is 24.3 Å². The minimum Gasteiger partial charge on any atom is -0.493 e. The van der Waals surface area contributed by atoms with Gasteiger partial charge in [-0.2, -0.15) is 0 Å². The normalized spacial score (nSPS) is 17.0. The lowest BCUT2D eigenvalue weighted by atomic mass is 10.0. The van der Waals surface area contributed by atoms with Gasteiger partial charge in [-0.1, -0.05) is 71.1 Å². The quantitative estimate of drug-likeness (QED) is 0.229. The van der Waals surface area contributed by atoms with E-state index in [1.54, 1.807) is 7.11 Å². The average molecular weight is 566 g/mol. The van der Waals surface area contributed by atoms with Crippen LogP contribution < -0.4 is 10.1 Å². The van der Waals surface area contributed by atoms with E-state index in [9.17, 15) is 4.79 Å². The molecule has 1 heterocycles. The minimum atomic E-state index is -0.138. The summed E-state index contributed by atoms with van der Waals surface area (Å²) in [4.78, 5) is 15.5. The van der Waals surface area contributed by atoms with Crippen molar-refractivity contribution in [3.63, 3.8) is 0 Å². The molecule has 1 amide bonds. The van der Waals surface area contributed by atoms with Crippen LogP contribution in [0.15, 0.2) is 54.6 Å². The maximum absolute atomic E-state index is 13.4. The highest BCUT2D eigenvalue weighted by Gasteiger charge is 2.30. The number of nitrogens with one attached hydrogen (secondary N) is 1. The highest BCUT2D eigenvalue weighted by molar-refractivity contribution is 14.1. The van der Waals surface area contributed by atoms with E-state index in [4.69, 9.17) is 14.2 Å². The molecule has 0 aliphatic carbocycles. The van der Waals surface area contributed by atoms with Crippen LogP contribution >= 0.6 is 22.6 Å². The third-order valence-electron chi connectivity index (χ3n) is 5.71. The second-order valence-electron chi connectivity index (χ2n) is 8.17. The fraction of sp³-hybridized carbons (Fsp3) is 0.500. The van der Waals surface area contributed by atoms with Crippen LogP contribution in [0, 0.1) is 0 Å². The summed E-state index contributed by atoms with van der Waals surface area (Å²) in [6.07, 6.45) is 2.34. The van der Waals surface area contributed by atoms with Gasteiger partial charge >= 0.3 is 0 Å². The molecule has 1 fully saturated rings. The Labute approximate surface area is 211 Å². The Morgan fingerprint density at radius 1 is 1.09 bits per heavy atom. The summed E-state index contributed by atoms with van der Waals surface area (Å²) in [5.41, 5.74) is 2.33. The molecule has 0 aromatic heterocycles. The zero-order chi connectivity index (χ0) is 23.3. The van der Waals surface area contributed by atoms with Crippen LogP contribution in [0.2, 0.25) is 0 Å². The Morgan fingerprint density at radius 2 is 1.88 bits per heavy atom. The number of piperazine rings is 1. The van der Waals surface area contributed by atoms with Crippen LogP contribution in [0.4, 0.5) is 0 Å². The summed E-state index contributed by atoms with van der Waals surface area (Å²) >= 11 is 2.30. The maximum atomic E-state index is 13.4. The van der Waals surface area contributed by atoms with Crippen LogP contribution in [0.5, 0.6) is 5.75 Å². The molecule has 2 atom stereocenters. The molecular formula is C26H35IN2O4. The van der Waals surface area contributed by atoms with Gasteiger partial charge in [0.15, 0.2) is 0 Å². The summed E-state index contributed by atoms with van der Waals surface area (Å²) in [7, 11) is 1.67. The number of methoxy groups -OCH3 is 1. The second-order valence-corrected chi connectivity index (χ2v) is 9.67. The molecule has 7 heteroatoms. The van der Waals surface area contributed by atoms with Crippen molar-refractivity contribution in [1.29, 1.82) is 0 Å². The smallest absolute Gasteiger partial charge is 0.236 e. The van der Waals surface area contributed by atoms with E-state index in [0.29, 0.717) is 32.8 Å². The van der Waals surface area contributed by atoms with Crippen molar-refractivity contribution in [2.45, 2.75) is 29.2 Å². The lowest BCUT2D eigenvalue weighted by Gasteiger charge is -2.37. The highest BCUT2D eigenvalue weighted by atomic mass is 127. The standard InChI is InChI=1S/C26H35IN2O4/c1-31-16-17-32-14-7-15-33-25-11-6-5-10-22(25)19-24(27)26(30)29-13-12-28-20-23(29)18-21-8-3-2-4-9-21/h2-6,8-11,23-24,28H,7,12-20H2,1H3. The van der Waals surface area contributed by atoms with Crippen molar-refractivity contribution in [2.24, 2.45) is 0 Å². The molecule has 33 heavy (non-hydrogen) atoms. The number of alkyl halides is 1. The van der Waals surface area contributed by atoms with E-state index in [2.05, 4.69) is 63.1 Å². The summed E-state index contributed by atoms with van der Waals surface area (Å²) in [5, 5.41) is 3.45. The largest absolute Gasteiger partial charge is 0.493 e. The molecule has 1 N–H and O–H groups in total. The molecule has 0 spiro atoms. The van der Waals surface area contributed by atoms with Gasteiger partial charge in [0, 0.05) is 45.8 Å². The number of amides is 1. The van der Waals surface area contributed by atoms with Crippen LogP contribution in [0.25, 0.3) is 0 Å². The van der Waals surface area contributed by atoms with Gasteiger partial charge in [-0.05, 0) is 30.0 Å². The maximum Gasteiger partial charge on any atom is 0.236 e. The van der Waals surface area contributed by atoms with E-state index in [-0.39, 0.29) is 15.9 Å². The van der Waals surface area contributed by atoms with Crippen LogP contribution in [-0.2, 0) is 27.1 Å². The minimum absolute atomic E-state index is 0.138. The lowest BCUT2D eigenvalue weighted by molar-refractivity contribution is -0.133. The SMILES string of the molecule is COCCOCCCOc1ccccc1CC(I)C(=O)N1CCNCC1Cc1ccccc1. The number of para-hydroxylation sites is 1. The topological polar surface area (TPSA) is 60.0 Å². The second kappa shape index (κ2) is 14.6. The van der Waals surface area contributed by atoms with Gasteiger partial charge in [0.1, 0.15) is 5.75 Å². The summed E-state index contributed by atoms with van der Waals surface area (Å²) < 4.78 is 16.4. The van der Waals surface area contributed by atoms with Crippen LogP contribution in [0.1, 0.15) is 17.5 Å². The molecule has 1 aliphatic rings. The Bertz CT molecular complexity index is 836. The highest BCUT2D eigenvalue weighted by Crippen LogP contribution is 2.24. The first-order chi connectivity index (χ1) is 16.2. The Hall–Kier alpha value is -1.68. The van der Waals surface area contributed by atoms with Crippen molar-refractivity contribution in [2.75, 3.05) is 53.2 Å². The Morgan fingerprint density at radius 3 is 2.70 bits per heavy atom. The lowest BCUT2D eigenvalue weighted by Crippen LogP contribution is -2.56. The Kier molecular flexibility index (Phi) is 11.4. The Balaban J connectivity index is 1.54. The van der Waals surface area contributed by atoms with Gasteiger partial charge in [0.2, 0.25) is 5.91 Å². The van der Waals surface area contributed by atoms with Gasteiger partial charge in [0.05, 0.1) is 23.7 Å². The molecule has 0 saturated carbocycles. The van der Waals surface area contributed by atoms with Crippen molar-refractivity contribution >= 4 is 28.5 Å². The first kappa shape index (κ1) is 25.9. The van der Waals surface area contributed by atoms with E-state index < -0.39 is 0 Å². The third kappa shape index (κ3) is 8.55. The van der Waals surface area contributed by atoms with Gasteiger partial charge in [0.25, 0.3) is 0 Å². The molecular weight excluding hydrogens is 531 g/mol. The van der Waals surface area contributed by atoms with Gasteiger partial charge in [-0.15, -0.1) is 0 Å². The molecule has 0 radical (unpaired) electrons. The zero-order valence-electron chi connectivity index (χ0n) is 19.4. The predicted molar refractivity (Wildman–Crippen MR) is 139 cm³/mol. The molecule has 180 valence electrons. The number of benzene rings is 2. The fourth-order valence-corrected chi connectivity index (χ4v) is 4.81. The van der Waals surface area contributed by atoms with E-state index >= 15 is 0 Å². The van der Waals surface area contributed by atoms with Gasteiger partial charge in [-0.25, -0.2) is 0 Å². The predicted octanol–water partition coefficient (Wildman–Crippen LogP) is 3.51. The number of halogens is 1. The van der Waals surface area contributed by atoms with Crippen molar-refractivity contribution in [3.05, 3.63) is 65.7 Å². The number of rotatable bonds is 13. The number of ether oxygens (including phenoxy) is 3. The van der Waals surface area contributed by atoms with Crippen molar-refractivity contribution in [3.8, 4) is 5.75 Å². The number of carbonyl (C=O) groups is 1. The molecule has 1 saturated heterocycles. The molecule has 6 nitrogen and oxygen atoms in total. The fourth-order valence-electron chi connectivity index (χ4n) is 3.98. The van der Waals surface area contributed by atoms with Gasteiger partial charge in [-0.3, -0.25) is 4.79 Å². The molecule has 3 rings (SSSR count). The monoisotopic (exact) mass is 566 g/mol. The molecule has 0 bridgehead atoms. The van der Waals surface area contributed by atoms with Crippen LogP contribution in [-0.4, -0.2) is 73.9 Å². The number of carbonyl (C=O) groups excluding carboxylic acids is 1. The van der Waals surface area contributed by atoms with Crippen LogP contribution in [0.3, 0.4) is 0 Å². The molecule has 2 aromatic carbocycles. The third-order valence-corrected chi connectivity index (χ3v) is 6.68. The first-order valence-corrected chi connectivity index (χ1v) is 12.9. The summed E-state index contributed by atoms with van der Waals surface area (Å²) in [6.45, 7) is 4.85.